The number of carbonyl (C=O) groups is 2. The molecule has 12 nitrogen and oxygen atoms in total. The van der Waals surface area contributed by atoms with Gasteiger partial charge in [-0.05, 0) is 25.7 Å². The Balaban J connectivity index is 0.746. The first-order valence-electron chi connectivity index (χ1n) is 16.0. The molecule has 2 aromatic heterocycles. The van der Waals surface area contributed by atoms with Gasteiger partial charge in [0.25, 0.3) is 0 Å². The van der Waals surface area contributed by atoms with E-state index in [-0.39, 0.29) is 47.2 Å². The molecule has 0 aromatic carbocycles. The van der Waals surface area contributed by atoms with E-state index in [1.54, 1.807) is 0 Å². The molecule has 0 spiro atoms. The summed E-state index contributed by atoms with van der Waals surface area (Å²) >= 11 is 0. The van der Waals surface area contributed by atoms with Crippen LogP contribution in [0.2, 0.25) is 0 Å². The molecule has 12 heteroatoms. The highest BCUT2D eigenvalue weighted by Crippen LogP contribution is 2.57. The minimum atomic E-state index is -0.705. The highest BCUT2D eigenvalue weighted by molar-refractivity contribution is 5.69. The van der Waals surface area contributed by atoms with Gasteiger partial charge in [0, 0.05) is 59.0 Å². The van der Waals surface area contributed by atoms with Crippen LogP contribution < -0.4 is 20.3 Å². The van der Waals surface area contributed by atoms with Crippen molar-refractivity contribution in [3.05, 3.63) is 46.6 Å². The number of amides is 2. The Hall–Kier alpha value is -4.22. The molecule has 4 bridgehead atoms. The topological polar surface area (TPSA) is 167 Å². The lowest BCUT2D eigenvalue weighted by Crippen LogP contribution is -2.32. The second-order valence-corrected chi connectivity index (χ2v) is 12.4. The zero-order valence-corrected chi connectivity index (χ0v) is 24.8. The van der Waals surface area contributed by atoms with Crippen molar-refractivity contribution < 1.29 is 39.7 Å². The van der Waals surface area contributed by atoms with Crippen LogP contribution in [-0.4, -0.2) is 55.2 Å². The summed E-state index contributed by atoms with van der Waals surface area (Å²) in [7, 11) is 0. The van der Waals surface area contributed by atoms with Gasteiger partial charge in [-0.2, -0.15) is 0 Å². The SMILES string of the molecule is O=C(NCCCCCCCCCCCCNC(=O)On1c(O)c2c(c1O)C1C=CC2C1)On1c(O)c2c(c1O)C1C=CC2C1. The number of rotatable bonds is 15. The number of nitrogens with one attached hydrogen (secondary N) is 2. The maximum Gasteiger partial charge on any atom is 0.432 e. The van der Waals surface area contributed by atoms with Crippen LogP contribution in [0.15, 0.2) is 24.3 Å². The number of carbonyl (C=O) groups excluding carboxylic acids is 2. The number of unbranched alkanes of at least 4 members (excludes halogenated alkanes) is 9. The van der Waals surface area contributed by atoms with Crippen molar-refractivity contribution in [2.75, 3.05) is 13.1 Å². The van der Waals surface area contributed by atoms with E-state index >= 15 is 0 Å². The van der Waals surface area contributed by atoms with Crippen molar-refractivity contribution >= 4 is 12.2 Å². The van der Waals surface area contributed by atoms with Gasteiger partial charge in [-0.1, -0.05) is 75.7 Å². The van der Waals surface area contributed by atoms with Crippen molar-refractivity contribution in [2.45, 2.75) is 101 Å². The maximum atomic E-state index is 12.2. The lowest BCUT2D eigenvalue weighted by molar-refractivity contribution is 0.107. The molecule has 2 aromatic rings. The molecule has 0 saturated heterocycles. The Bertz CT molecular complexity index is 1280. The summed E-state index contributed by atoms with van der Waals surface area (Å²) in [6.45, 7) is 0.925. The van der Waals surface area contributed by atoms with Crippen molar-refractivity contribution in [3.8, 4) is 23.5 Å². The lowest BCUT2D eigenvalue weighted by Gasteiger charge is -2.10. The summed E-state index contributed by atoms with van der Waals surface area (Å²) in [5.74, 6) is -0.561. The van der Waals surface area contributed by atoms with Gasteiger partial charge in [-0.3, -0.25) is 0 Å². The Labute approximate surface area is 255 Å². The lowest BCUT2D eigenvalue weighted by atomic mass is 10.0. The van der Waals surface area contributed by atoms with Crippen molar-refractivity contribution in [2.24, 2.45) is 0 Å². The molecule has 4 atom stereocenters. The summed E-state index contributed by atoms with van der Waals surface area (Å²) in [4.78, 5) is 34.6. The predicted octanol–water partition coefficient (Wildman–Crippen LogP) is 5.27. The normalized spacial score (nSPS) is 21.5. The van der Waals surface area contributed by atoms with Crippen molar-refractivity contribution in [3.63, 3.8) is 0 Å². The summed E-state index contributed by atoms with van der Waals surface area (Å²) in [6, 6.07) is 0. The number of aromatic nitrogens is 2. The van der Waals surface area contributed by atoms with E-state index in [4.69, 9.17) is 9.68 Å². The minimum absolute atomic E-state index is 0.0633. The summed E-state index contributed by atoms with van der Waals surface area (Å²) < 4.78 is 1.65. The van der Waals surface area contributed by atoms with Crippen LogP contribution in [0.4, 0.5) is 9.59 Å². The number of hydrogen-bond donors (Lipinski definition) is 6. The highest BCUT2D eigenvalue weighted by Gasteiger charge is 2.43. The Morgan fingerprint density at radius 1 is 0.545 bits per heavy atom. The first-order valence-corrected chi connectivity index (χ1v) is 16.0. The second kappa shape index (κ2) is 12.8. The van der Waals surface area contributed by atoms with Gasteiger partial charge in [-0.25, -0.2) is 9.59 Å². The molecule has 238 valence electrons. The van der Waals surface area contributed by atoms with Crippen molar-refractivity contribution in [1.82, 2.24) is 20.1 Å². The predicted molar refractivity (Wildman–Crippen MR) is 160 cm³/mol. The number of aromatic hydroxyl groups is 4. The molecular formula is C32H42N4O8. The Morgan fingerprint density at radius 2 is 0.818 bits per heavy atom. The van der Waals surface area contributed by atoms with E-state index in [9.17, 15) is 30.0 Å². The van der Waals surface area contributed by atoms with Crippen LogP contribution in [0.5, 0.6) is 23.5 Å². The fraction of sp³-hybridized carbons (Fsp3) is 0.562. The fourth-order valence-corrected chi connectivity index (χ4v) is 7.28. The first kappa shape index (κ1) is 29.8. The molecule has 2 heterocycles. The maximum absolute atomic E-state index is 12.2. The van der Waals surface area contributed by atoms with E-state index in [0.717, 1.165) is 86.5 Å². The van der Waals surface area contributed by atoms with Crippen LogP contribution in [-0.2, 0) is 0 Å². The zero-order chi connectivity index (χ0) is 30.8. The number of allylic oxidation sites excluding steroid dienone is 4. The quantitative estimate of drug-likeness (QED) is 0.117. The molecular weight excluding hydrogens is 568 g/mol. The van der Waals surface area contributed by atoms with Gasteiger partial charge < -0.3 is 40.7 Å². The van der Waals surface area contributed by atoms with E-state index in [1.165, 1.54) is 0 Å². The fourth-order valence-electron chi connectivity index (χ4n) is 7.28. The molecule has 6 rings (SSSR count). The molecule has 2 amide bonds. The summed E-state index contributed by atoms with van der Waals surface area (Å²) in [6.07, 6.45) is 18.7. The third kappa shape index (κ3) is 5.69. The summed E-state index contributed by atoms with van der Waals surface area (Å²) in [5, 5.41) is 47.1. The van der Waals surface area contributed by atoms with Crippen LogP contribution in [0.25, 0.3) is 0 Å². The molecule has 44 heavy (non-hydrogen) atoms. The van der Waals surface area contributed by atoms with E-state index in [2.05, 4.69) is 10.6 Å². The molecule has 0 radical (unpaired) electrons. The third-order valence-corrected chi connectivity index (χ3v) is 9.45. The number of hydrogen-bond acceptors (Lipinski definition) is 8. The van der Waals surface area contributed by atoms with Crippen LogP contribution in [0, 0.1) is 0 Å². The van der Waals surface area contributed by atoms with Gasteiger partial charge in [0.2, 0.25) is 23.5 Å². The molecule has 4 aliphatic carbocycles. The number of fused-ring (bicyclic) bond motifs is 10. The van der Waals surface area contributed by atoms with E-state index < -0.39 is 12.2 Å². The molecule has 0 fully saturated rings. The highest BCUT2D eigenvalue weighted by atomic mass is 16.7. The Kier molecular flexibility index (Phi) is 8.67. The van der Waals surface area contributed by atoms with Crippen LogP contribution in [0.3, 0.4) is 0 Å². The molecule has 0 saturated carbocycles. The Morgan fingerprint density at radius 3 is 1.11 bits per heavy atom. The minimum Gasteiger partial charge on any atom is -0.492 e. The first-order chi connectivity index (χ1) is 21.3. The standard InChI is InChI=1S/C32H42N4O8/c37-27-23-19-11-12-20(17-19)24(23)28(38)35(27)43-31(41)33-15-9-7-5-3-1-2-4-6-8-10-16-34-32(42)44-36-29(39)25-21-13-14-22(18-21)26(25)30(36)40/h11-14,19-22,37-40H,1-10,15-18H2,(H,33,41)(H,34,42). The monoisotopic (exact) mass is 610 g/mol. The van der Waals surface area contributed by atoms with Gasteiger partial charge in [0.15, 0.2) is 0 Å². The average molecular weight is 611 g/mol. The molecule has 4 unspecified atom stereocenters. The van der Waals surface area contributed by atoms with E-state index in [0.29, 0.717) is 35.3 Å². The molecule has 0 aliphatic heterocycles. The van der Waals surface area contributed by atoms with Crippen LogP contribution in [0.1, 0.15) is 123 Å². The summed E-state index contributed by atoms with van der Waals surface area (Å²) in [5.41, 5.74) is 2.62. The van der Waals surface area contributed by atoms with Gasteiger partial charge in [0.05, 0.1) is 0 Å². The number of nitrogens with zero attached hydrogens (tertiary/aromatic N) is 2. The molecule has 4 aliphatic rings. The van der Waals surface area contributed by atoms with Gasteiger partial charge >= 0.3 is 12.2 Å². The van der Waals surface area contributed by atoms with Crippen LogP contribution >= 0.6 is 0 Å². The second-order valence-electron chi connectivity index (χ2n) is 12.4. The zero-order valence-electron chi connectivity index (χ0n) is 24.8. The average Bonchev–Trinajstić information content (AvgIpc) is 3.86. The smallest absolute Gasteiger partial charge is 0.432 e. The van der Waals surface area contributed by atoms with Crippen molar-refractivity contribution in [1.29, 1.82) is 0 Å². The van der Waals surface area contributed by atoms with E-state index in [1.807, 2.05) is 24.3 Å². The van der Waals surface area contributed by atoms with Gasteiger partial charge in [0.1, 0.15) is 0 Å². The van der Waals surface area contributed by atoms with Gasteiger partial charge in [-0.15, -0.1) is 9.46 Å². The third-order valence-electron chi connectivity index (χ3n) is 9.45. The largest absolute Gasteiger partial charge is 0.492 e. The molecule has 6 N–H and O–H groups in total.